The number of anilines is 1. The molecule has 2 unspecified atom stereocenters. The Morgan fingerprint density at radius 2 is 2.18 bits per heavy atom. The van der Waals surface area contributed by atoms with E-state index in [-0.39, 0.29) is 18.3 Å². The maximum atomic E-state index is 12.4. The third kappa shape index (κ3) is 4.96. The first kappa shape index (κ1) is 20.9. The molecule has 3 heterocycles. The number of ether oxygens (including phenoxy) is 2. The SMILES string of the molecule is CC(CC(=O)Nc1nc(-c2ccc3c(c2)OCCO3)cs1)C1CCCNC1.Cl. The van der Waals surface area contributed by atoms with E-state index < -0.39 is 0 Å². The monoisotopic (exact) mass is 423 g/mol. The summed E-state index contributed by atoms with van der Waals surface area (Å²) in [7, 11) is 0. The second kappa shape index (κ2) is 9.58. The van der Waals surface area contributed by atoms with Crippen LogP contribution in [0.4, 0.5) is 5.13 Å². The number of piperidine rings is 1. The van der Waals surface area contributed by atoms with Gasteiger partial charge in [0.1, 0.15) is 13.2 Å². The summed E-state index contributed by atoms with van der Waals surface area (Å²) in [6, 6.07) is 5.81. The summed E-state index contributed by atoms with van der Waals surface area (Å²) in [5.74, 6) is 2.49. The summed E-state index contributed by atoms with van der Waals surface area (Å²) < 4.78 is 11.2. The quantitative estimate of drug-likeness (QED) is 0.761. The van der Waals surface area contributed by atoms with E-state index in [4.69, 9.17) is 9.47 Å². The van der Waals surface area contributed by atoms with E-state index in [0.717, 1.165) is 35.8 Å². The van der Waals surface area contributed by atoms with Crippen LogP contribution in [-0.4, -0.2) is 37.2 Å². The van der Waals surface area contributed by atoms with Crippen molar-refractivity contribution >= 4 is 34.8 Å². The smallest absolute Gasteiger partial charge is 0.226 e. The average molecular weight is 424 g/mol. The third-order valence-electron chi connectivity index (χ3n) is 5.24. The van der Waals surface area contributed by atoms with Gasteiger partial charge in [-0.05, 0) is 56.0 Å². The molecule has 0 saturated carbocycles. The second-order valence-corrected chi connectivity index (χ2v) is 8.09. The molecule has 2 aromatic rings. The van der Waals surface area contributed by atoms with Crippen LogP contribution in [0.5, 0.6) is 11.5 Å². The van der Waals surface area contributed by atoms with Crippen LogP contribution in [0, 0.1) is 11.8 Å². The van der Waals surface area contributed by atoms with Gasteiger partial charge in [-0.15, -0.1) is 23.7 Å². The van der Waals surface area contributed by atoms with Gasteiger partial charge in [-0.25, -0.2) is 4.98 Å². The van der Waals surface area contributed by atoms with Crippen LogP contribution in [0.25, 0.3) is 11.3 Å². The molecule has 0 aliphatic carbocycles. The first-order valence-electron chi connectivity index (χ1n) is 9.55. The van der Waals surface area contributed by atoms with Crippen LogP contribution in [0.2, 0.25) is 0 Å². The summed E-state index contributed by atoms with van der Waals surface area (Å²) in [6.45, 7) is 5.41. The van der Waals surface area contributed by atoms with E-state index in [0.29, 0.717) is 36.6 Å². The highest BCUT2D eigenvalue weighted by Crippen LogP contribution is 2.35. The highest BCUT2D eigenvalue weighted by molar-refractivity contribution is 7.14. The highest BCUT2D eigenvalue weighted by atomic mass is 35.5. The Morgan fingerprint density at radius 3 is 2.96 bits per heavy atom. The predicted octanol–water partition coefficient (Wildman–Crippen LogP) is 3.97. The Balaban J connectivity index is 0.00000225. The topological polar surface area (TPSA) is 72.5 Å². The summed E-state index contributed by atoms with van der Waals surface area (Å²) in [6.07, 6.45) is 2.93. The highest BCUT2D eigenvalue weighted by Gasteiger charge is 2.22. The molecule has 1 amide bonds. The molecule has 1 fully saturated rings. The summed E-state index contributed by atoms with van der Waals surface area (Å²) >= 11 is 1.45. The number of thiazole rings is 1. The minimum absolute atomic E-state index is 0. The number of rotatable bonds is 5. The third-order valence-corrected chi connectivity index (χ3v) is 5.99. The summed E-state index contributed by atoms with van der Waals surface area (Å²) in [4.78, 5) is 17.0. The van der Waals surface area contributed by atoms with Crippen molar-refractivity contribution in [2.24, 2.45) is 11.8 Å². The van der Waals surface area contributed by atoms with E-state index in [1.54, 1.807) is 0 Å². The van der Waals surface area contributed by atoms with Crippen LogP contribution in [-0.2, 0) is 4.79 Å². The fourth-order valence-corrected chi connectivity index (χ4v) is 4.40. The molecular weight excluding hydrogens is 398 g/mol. The molecule has 2 N–H and O–H groups in total. The summed E-state index contributed by atoms with van der Waals surface area (Å²) in [5, 5.41) is 8.97. The van der Waals surface area contributed by atoms with Crippen LogP contribution in [0.3, 0.4) is 0 Å². The first-order chi connectivity index (χ1) is 13.2. The van der Waals surface area contributed by atoms with Gasteiger partial charge < -0.3 is 20.1 Å². The van der Waals surface area contributed by atoms with Crippen molar-refractivity contribution in [1.82, 2.24) is 10.3 Å². The predicted molar refractivity (Wildman–Crippen MR) is 114 cm³/mol. The van der Waals surface area contributed by atoms with Crippen molar-refractivity contribution in [2.45, 2.75) is 26.2 Å². The van der Waals surface area contributed by atoms with E-state index in [2.05, 4.69) is 22.5 Å². The number of benzene rings is 1. The van der Waals surface area contributed by atoms with Gasteiger partial charge in [0.25, 0.3) is 0 Å². The number of fused-ring (bicyclic) bond motifs is 1. The Hall–Kier alpha value is -1.83. The number of amides is 1. The normalized spacial score (nSPS) is 19.4. The molecule has 0 radical (unpaired) electrons. The summed E-state index contributed by atoms with van der Waals surface area (Å²) in [5.41, 5.74) is 1.79. The molecule has 8 heteroatoms. The zero-order chi connectivity index (χ0) is 18.6. The molecule has 28 heavy (non-hydrogen) atoms. The van der Waals surface area contributed by atoms with Gasteiger partial charge >= 0.3 is 0 Å². The van der Waals surface area contributed by atoms with E-state index in [1.807, 2.05) is 23.6 Å². The van der Waals surface area contributed by atoms with Gasteiger partial charge in [0.05, 0.1) is 5.69 Å². The van der Waals surface area contributed by atoms with Crippen LogP contribution >= 0.6 is 23.7 Å². The number of carbonyl (C=O) groups excluding carboxylic acids is 1. The Bertz CT molecular complexity index is 808. The number of aromatic nitrogens is 1. The van der Waals surface area contributed by atoms with E-state index in [1.165, 1.54) is 24.2 Å². The molecule has 6 nitrogen and oxygen atoms in total. The van der Waals surface area contributed by atoms with Gasteiger partial charge in [-0.3, -0.25) is 4.79 Å². The van der Waals surface area contributed by atoms with Crippen molar-refractivity contribution in [1.29, 1.82) is 0 Å². The lowest BCUT2D eigenvalue weighted by Crippen LogP contribution is -2.34. The van der Waals surface area contributed by atoms with Crippen molar-refractivity contribution < 1.29 is 14.3 Å². The largest absolute Gasteiger partial charge is 0.486 e. The fourth-order valence-electron chi connectivity index (χ4n) is 3.66. The Morgan fingerprint density at radius 1 is 1.36 bits per heavy atom. The number of carbonyl (C=O) groups is 1. The lowest BCUT2D eigenvalue weighted by atomic mass is 9.85. The van der Waals surface area contributed by atoms with Crippen molar-refractivity contribution in [3.05, 3.63) is 23.6 Å². The first-order valence-corrected chi connectivity index (χ1v) is 10.4. The van der Waals surface area contributed by atoms with Crippen molar-refractivity contribution in [3.63, 3.8) is 0 Å². The van der Waals surface area contributed by atoms with Crippen LogP contribution in [0.1, 0.15) is 26.2 Å². The lowest BCUT2D eigenvalue weighted by Gasteiger charge is -2.27. The fraction of sp³-hybridized carbons (Fsp3) is 0.500. The van der Waals surface area contributed by atoms with Gasteiger partial charge in [0.15, 0.2) is 16.6 Å². The molecule has 2 aliphatic heterocycles. The number of nitrogens with one attached hydrogen (secondary N) is 2. The molecular formula is C20H26ClN3O3S. The minimum Gasteiger partial charge on any atom is -0.486 e. The Kier molecular flexibility index (Phi) is 7.15. The van der Waals surface area contributed by atoms with Crippen molar-refractivity contribution in [3.8, 4) is 22.8 Å². The number of halogens is 1. The van der Waals surface area contributed by atoms with E-state index in [9.17, 15) is 4.79 Å². The molecule has 4 rings (SSSR count). The Labute approximate surface area is 175 Å². The molecule has 1 saturated heterocycles. The molecule has 0 bridgehead atoms. The van der Waals surface area contributed by atoms with Gasteiger partial charge in [0.2, 0.25) is 5.91 Å². The van der Waals surface area contributed by atoms with Gasteiger partial charge in [-0.2, -0.15) is 0 Å². The molecule has 0 spiro atoms. The van der Waals surface area contributed by atoms with E-state index >= 15 is 0 Å². The molecule has 2 aliphatic rings. The number of hydrogen-bond donors (Lipinski definition) is 2. The number of nitrogens with zero attached hydrogens (tertiary/aromatic N) is 1. The molecule has 152 valence electrons. The zero-order valence-corrected chi connectivity index (χ0v) is 17.5. The van der Waals surface area contributed by atoms with Gasteiger partial charge in [-0.1, -0.05) is 6.92 Å². The van der Waals surface area contributed by atoms with Crippen LogP contribution < -0.4 is 20.1 Å². The number of hydrogen-bond acceptors (Lipinski definition) is 6. The maximum absolute atomic E-state index is 12.4. The lowest BCUT2D eigenvalue weighted by molar-refractivity contribution is -0.117. The van der Waals surface area contributed by atoms with Crippen LogP contribution in [0.15, 0.2) is 23.6 Å². The zero-order valence-electron chi connectivity index (χ0n) is 15.9. The average Bonchev–Trinajstić information content (AvgIpc) is 3.16. The molecule has 1 aromatic heterocycles. The van der Waals surface area contributed by atoms with Crippen molar-refractivity contribution in [2.75, 3.05) is 31.6 Å². The van der Waals surface area contributed by atoms with Gasteiger partial charge in [0, 0.05) is 17.4 Å². The maximum Gasteiger partial charge on any atom is 0.226 e. The minimum atomic E-state index is 0. The second-order valence-electron chi connectivity index (χ2n) is 7.23. The molecule has 1 aromatic carbocycles. The standard InChI is InChI=1S/C20H25N3O3S.ClH/c1-13(15-3-2-6-21-11-15)9-19(24)23-20-22-16(12-27-20)14-4-5-17-18(10-14)26-8-7-25-17;/h4-5,10,12-13,15,21H,2-3,6-9,11H2,1H3,(H,22,23,24);1H. The molecule has 2 atom stereocenters.